The molecule has 2 aromatic rings. The summed E-state index contributed by atoms with van der Waals surface area (Å²) in [5.41, 5.74) is 1.81. The summed E-state index contributed by atoms with van der Waals surface area (Å²) >= 11 is 0. The Bertz CT molecular complexity index is 1250. The molecular formula is C35H49ClN4O4. The third kappa shape index (κ3) is 7.40. The monoisotopic (exact) mass is 624 g/mol. The maximum Gasteiger partial charge on any atom is 0.258 e. The molecule has 240 valence electrons. The van der Waals surface area contributed by atoms with Gasteiger partial charge in [0.05, 0.1) is 7.11 Å². The van der Waals surface area contributed by atoms with E-state index in [2.05, 4.69) is 17.1 Å². The van der Waals surface area contributed by atoms with Crippen LogP contribution in [0, 0.1) is 5.92 Å². The number of benzene rings is 2. The number of hydrogen-bond donors (Lipinski definition) is 1. The van der Waals surface area contributed by atoms with Gasteiger partial charge in [0.25, 0.3) is 5.91 Å². The molecule has 3 fully saturated rings. The number of nitrogens with zero attached hydrogens (tertiary/aromatic N) is 3. The van der Waals surface area contributed by atoms with E-state index < -0.39 is 5.54 Å². The molecule has 44 heavy (non-hydrogen) atoms. The molecule has 1 saturated carbocycles. The Morgan fingerprint density at radius 1 is 1.00 bits per heavy atom. The molecule has 0 aromatic heterocycles. The number of piperazine rings is 1. The molecule has 0 unspecified atom stereocenters. The second kappa shape index (κ2) is 15.3. The standard InChI is InChI=1S/C35H48N4O4.ClH/c1-4-5-21-39-33(41)31(24-26-9-7-6-8-10-26)36-34(42)35(39)19-22-38(23-20-35)25-27-11-13-28(14-12-27)32(40)37(2)29-15-17-30(43-3)18-16-29;/h11-18,26,31H,4-10,19-25H2,1-3H3,(H,36,42);1H/t31-;/m0./s1. The number of methoxy groups -OCH3 is 1. The van der Waals surface area contributed by atoms with E-state index in [0.29, 0.717) is 30.9 Å². The van der Waals surface area contributed by atoms with Crippen LogP contribution in [0.25, 0.3) is 0 Å². The summed E-state index contributed by atoms with van der Waals surface area (Å²) in [6, 6.07) is 14.8. The van der Waals surface area contributed by atoms with Gasteiger partial charge in [-0.3, -0.25) is 19.3 Å². The van der Waals surface area contributed by atoms with Gasteiger partial charge in [0, 0.05) is 44.5 Å². The number of nitrogens with one attached hydrogen (secondary N) is 1. The zero-order valence-electron chi connectivity index (χ0n) is 26.6. The molecule has 1 spiro atoms. The zero-order valence-corrected chi connectivity index (χ0v) is 27.4. The lowest BCUT2D eigenvalue weighted by molar-refractivity contribution is -0.162. The quantitative estimate of drug-likeness (QED) is 0.360. The summed E-state index contributed by atoms with van der Waals surface area (Å²) in [5, 5.41) is 3.20. The molecule has 5 rings (SSSR count). The largest absolute Gasteiger partial charge is 0.497 e. The van der Waals surface area contributed by atoms with Gasteiger partial charge in [0.1, 0.15) is 17.3 Å². The van der Waals surface area contributed by atoms with Gasteiger partial charge in [-0.05, 0) is 73.6 Å². The number of amides is 3. The van der Waals surface area contributed by atoms with E-state index in [1.807, 2.05) is 53.4 Å². The first-order valence-electron chi connectivity index (χ1n) is 16.2. The zero-order chi connectivity index (χ0) is 30.4. The Hall–Kier alpha value is -3.10. The number of piperidine rings is 1. The minimum absolute atomic E-state index is 0. The molecule has 3 amide bonds. The Morgan fingerprint density at radius 3 is 2.27 bits per heavy atom. The lowest BCUT2D eigenvalue weighted by Gasteiger charge is -2.52. The van der Waals surface area contributed by atoms with Gasteiger partial charge in [-0.2, -0.15) is 0 Å². The van der Waals surface area contributed by atoms with Crippen LogP contribution in [-0.2, 0) is 16.1 Å². The highest BCUT2D eigenvalue weighted by Crippen LogP contribution is 2.36. The van der Waals surface area contributed by atoms with E-state index in [9.17, 15) is 14.4 Å². The first kappa shape index (κ1) is 33.8. The number of ether oxygens (including phenoxy) is 1. The van der Waals surface area contributed by atoms with Crippen molar-refractivity contribution in [1.29, 1.82) is 0 Å². The molecule has 2 aromatic carbocycles. The number of anilines is 1. The van der Waals surface area contributed by atoms with Crippen LogP contribution < -0.4 is 15.0 Å². The van der Waals surface area contributed by atoms with E-state index in [1.54, 1.807) is 19.1 Å². The summed E-state index contributed by atoms with van der Waals surface area (Å²) < 4.78 is 5.22. The highest BCUT2D eigenvalue weighted by Gasteiger charge is 2.53. The molecule has 1 aliphatic carbocycles. The number of carbonyl (C=O) groups is 3. The van der Waals surface area contributed by atoms with Crippen molar-refractivity contribution in [3.63, 3.8) is 0 Å². The number of halogens is 1. The molecule has 8 nitrogen and oxygen atoms in total. The molecule has 3 aliphatic rings. The van der Waals surface area contributed by atoms with Crippen molar-refractivity contribution in [2.24, 2.45) is 5.92 Å². The third-order valence-corrected chi connectivity index (χ3v) is 9.89. The van der Waals surface area contributed by atoms with Crippen LogP contribution in [-0.4, -0.2) is 72.9 Å². The Labute approximate surface area is 268 Å². The van der Waals surface area contributed by atoms with Gasteiger partial charge in [-0.15, -0.1) is 12.4 Å². The Kier molecular flexibility index (Phi) is 11.7. The molecule has 2 aliphatic heterocycles. The van der Waals surface area contributed by atoms with Crippen molar-refractivity contribution in [1.82, 2.24) is 15.1 Å². The van der Waals surface area contributed by atoms with Gasteiger partial charge in [-0.25, -0.2) is 0 Å². The molecule has 1 atom stereocenters. The number of unbranched alkanes of at least 4 members (excludes halogenated alkanes) is 1. The second-order valence-corrected chi connectivity index (χ2v) is 12.7. The molecule has 0 bridgehead atoms. The highest BCUT2D eigenvalue weighted by molar-refractivity contribution is 6.05. The first-order valence-corrected chi connectivity index (χ1v) is 16.2. The molecule has 0 radical (unpaired) electrons. The smallest absolute Gasteiger partial charge is 0.258 e. The van der Waals surface area contributed by atoms with Gasteiger partial charge < -0.3 is 19.9 Å². The van der Waals surface area contributed by atoms with Crippen LogP contribution in [0.15, 0.2) is 48.5 Å². The average Bonchev–Trinajstić information content (AvgIpc) is 3.05. The molecule has 2 saturated heterocycles. The van der Waals surface area contributed by atoms with Crippen molar-refractivity contribution >= 4 is 35.8 Å². The highest BCUT2D eigenvalue weighted by atomic mass is 35.5. The summed E-state index contributed by atoms with van der Waals surface area (Å²) in [5.74, 6) is 1.40. The van der Waals surface area contributed by atoms with E-state index in [4.69, 9.17) is 4.74 Å². The Morgan fingerprint density at radius 2 is 1.66 bits per heavy atom. The van der Waals surface area contributed by atoms with Crippen molar-refractivity contribution in [3.8, 4) is 5.75 Å². The lowest BCUT2D eigenvalue weighted by Crippen LogP contribution is -2.73. The van der Waals surface area contributed by atoms with E-state index >= 15 is 0 Å². The Balaban J connectivity index is 0.00000442. The van der Waals surface area contributed by atoms with E-state index in [0.717, 1.165) is 55.9 Å². The summed E-state index contributed by atoms with van der Waals surface area (Å²) in [4.78, 5) is 46.6. The van der Waals surface area contributed by atoms with Crippen molar-refractivity contribution in [2.45, 2.75) is 89.3 Å². The van der Waals surface area contributed by atoms with Crippen molar-refractivity contribution < 1.29 is 19.1 Å². The maximum atomic E-state index is 13.8. The topological polar surface area (TPSA) is 82.2 Å². The second-order valence-electron chi connectivity index (χ2n) is 12.7. The number of hydrogen-bond acceptors (Lipinski definition) is 5. The van der Waals surface area contributed by atoms with Crippen LogP contribution in [0.3, 0.4) is 0 Å². The van der Waals surface area contributed by atoms with Gasteiger partial charge in [-0.1, -0.05) is 57.6 Å². The fourth-order valence-corrected chi connectivity index (χ4v) is 7.14. The van der Waals surface area contributed by atoms with Crippen molar-refractivity contribution in [3.05, 3.63) is 59.7 Å². The molecule has 9 heteroatoms. The van der Waals surface area contributed by atoms with Crippen LogP contribution in [0.4, 0.5) is 5.69 Å². The fraction of sp³-hybridized carbons (Fsp3) is 0.571. The predicted octanol–water partition coefficient (Wildman–Crippen LogP) is 5.83. The number of rotatable bonds is 10. The van der Waals surface area contributed by atoms with Crippen molar-refractivity contribution in [2.75, 3.05) is 38.7 Å². The van der Waals surface area contributed by atoms with Crippen LogP contribution in [0.5, 0.6) is 5.75 Å². The van der Waals surface area contributed by atoms with Crippen LogP contribution in [0.2, 0.25) is 0 Å². The maximum absolute atomic E-state index is 13.8. The summed E-state index contributed by atoms with van der Waals surface area (Å²) in [6.45, 7) is 5.03. The average molecular weight is 625 g/mol. The summed E-state index contributed by atoms with van der Waals surface area (Å²) in [7, 11) is 3.40. The number of carbonyl (C=O) groups excluding carboxylic acids is 3. The molecule has 2 heterocycles. The SMILES string of the molecule is CCCCN1C(=O)[C@H](CC2CCCCC2)NC(=O)C12CCN(Cc1ccc(C(=O)N(C)c3ccc(OC)cc3)cc1)CC2.Cl. The fourth-order valence-electron chi connectivity index (χ4n) is 7.14. The minimum Gasteiger partial charge on any atom is -0.497 e. The van der Waals surface area contributed by atoms with E-state index in [1.165, 1.54) is 32.1 Å². The lowest BCUT2D eigenvalue weighted by atomic mass is 9.79. The first-order chi connectivity index (χ1) is 20.8. The van der Waals surface area contributed by atoms with Gasteiger partial charge >= 0.3 is 0 Å². The summed E-state index contributed by atoms with van der Waals surface area (Å²) in [6.07, 6.45) is 10.1. The third-order valence-electron chi connectivity index (χ3n) is 9.89. The van der Waals surface area contributed by atoms with E-state index in [-0.39, 0.29) is 36.2 Å². The normalized spacial score (nSPS) is 20.6. The molecular weight excluding hydrogens is 576 g/mol. The number of likely N-dealkylation sites (tertiary alicyclic amines) is 1. The minimum atomic E-state index is -0.742. The van der Waals surface area contributed by atoms with Gasteiger partial charge in [0.2, 0.25) is 11.8 Å². The predicted molar refractivity (Wildman–Crippen MR) is 176 cm³/mol. The van der Waals surface area contributed by atoms with Gasteiger partial charge in [0.15, 0.2) is 0 Å². The van der Waals surface area contributed by atoms with Crippen LogP contribution >= 0.6 is 12.4 Å². The molecule has 1 N–H and O–H groups in total. The van der Waals surface area contributed by atoms with Crippen LogP contribution in [0.1, 0.15) is 87.1 Å².